The number of aryl methyl sites for hydroxylation is 1. The lowest BCUT2D eigenvalue weighted by molar-refractivity contribution is -0.136. The van der Waals surface area contributed by atoms with E-state index in [0.29, 0.717) is 23.2 Å². The molecular weight excluding hydrogens is 398 g/mol. The summed E-state index contributed by atoms with van der Waals surface area (Å²) < 4.78 is 0. The van der Waals surface area contributed by atoms with Crippen molar-refractivity contribution in [2.45, 2.75) is 124 Å². The molecule has 0 atom stereocenters. The van der Waals surface area contributed by atoms with Crippen LogP contribution in [-0.2, 0) is 22.0 Å². The Bertz CT molecular complexity index is 741. The molecule has 0 bridgehead atoms. The number of hydrogen-bond donors (Lipinski definition) is 2. The maximum Gasteiger partial charge on any atom is 0.303 e. The number of piperidine rings is 1. The number of phenols is 1. The Labute approximate surface area is 197 Å². The number of likely N-dealkylation sites (tertiary alicyclic amines) is 1. The van der Waals surface area contributed by atoms with Gasteiger partial charge >= 0.3 is 5.97 Å². The van der Waals surface area contributed by atoms with Gasteiger partial charge in [0.1, 0.15) is 5.75 Å². The van der Waals surface area contributed by atoms with Gasteiger partial charge in [-0.1, -0.05) is 60.6 Å². The number of rotatable bonds is 3. The van der Waals surface area contributed by atoms with Gasteiger partial charge in [0.25, 0.3) is 0 Å². The van der Waals surface area contributed by atoms with Crippen molar-refractivity contribution in [1.82, 2.24) is 4.90 Å². The molecule has 1 heterocycles. The van der Waals surface area contributed by atoms with Gasteiger partial charge in [-0.25, -0.2) is 0 Å². The third-order valence-electron chi connectivity index (χ3n) is 6.93. The van der Waals surface area contributed by atoms with Crippen LogP contribution in [0.1, 0.15) is 112 Å². The number of carboxylic acid groups (broad SMARTS) is 1. The van der Waals surface area contributed by atoms with Crippen LogP contribution in [0.3, 0.4) is 0 Å². The first-order valence-corrected chi connectivity index (χ1v) is 12.0. The Morgan fingerprint density at radius 3 is 1.66 bits per heavy atom. The molecule has 0 aromatic heterocycles. The fraction of sp³-hybridized carbons (Fsp3) is 0.750. The SMILES string of the molecule is CC(C)(C)c1cc(CCC(=O)O)cc(C(C)(C)C)c1O.CC1CC(C)(C)N(C)C(C)(C)C1. The molecule has 0 amide bonds. The van der Waals surface area contributed by atoms with Gasteiger partial charge in [-0.05, 0) is 87.4 Å². The van der Waals surface area contributed by atoms with E-state index in [1.165, 1.54) is 12.8 Å². The van der Waals surface area contributed by atoms with Crippen LogP contribution in [0.2, 0.25) is 0 Å². The summed E-state index contributed by atoms with van der Waals surface area (Å²) in [5.41, 5.74) is 3.13. The van der Waals surface area contributed by atoms with Gasteiger partial charge in [-0.2, -0.15) is 0 Å². The van der Waals surface area contributed by atoms with Gasteiger partial charge < -0.3 is 10.2 Å². The van der Waals surface area contributed by atoms with E-state index in [2.05, 4.69) is 88.1 Å². The molecule has 4 heteroatoms. The van der Waals surface area contributed by atoms with Gasteiger partial charge in [0.05, 0.1) is 0 Å². The Morgan fingerprint density at radius 2 is 1.34 bits per heavy atom. The number of carbonyl (C=O) groups is 1. The molecular formula is C28H49NO3. The molecule has 1 aliphatic rings. The lowest BCUT2D eigenvalue weighted by atomic mass is 9.75. The van der Waals surface area contributed by atoms with Crippen molar-refractivity contribution in [2.75, 3.05) is 7.05 Å². The Kier molecular flexibility index (Phi) is 8.68. The maximum atomic E-state index is 10.8. The van der Waals surface area contributed by atoms with Crippen LogP contribution in [0.4, 0.5) is 0 Å². The number of aliphatic carboxylic acids is 1. The highest BCUT2D eigenvalue weighted by Crippen LogP contribution is 2.40. The molecule has 1 saturated heterocycles. The predicted molar refractivity (Wildman–Crippen MR) is 136 cm³/mol. The van der Waals surface area contributed by atoms with E-state index in [1.807, 2.05) is 12.1 Å². The predicted octanol–water partition coefficient (Wildman–Crippen LogP) is 6.91. The third-order valence-corrected chi connectivity index (χ3v) is 6.93. The molecule has 184 valence electrons. The van der Waals surface area contributed by atoms with Crippen LogP contribution >= 0.6 is 0 Å². The van der Waals surface area contributed by atoms with Crippen LogP contribution in [0, 0.1) is 5.92 Å². The fourth-order valence-electron chi connectivity index (χ4n) is 5.10. The first kappa shape index (κ1) is 28.5. The monoisotopic (exact) mass is 447 g/mol. The zero-order chi connectivity index (χ0) is 25.3. The zero-order valence-electron chi connectivity index (χ0n) is 22.8. The number of benzene rings is 1. The average molecular weight is 448 g/mol. The second-order valence-corrected chi connectivity index (χ2v) is 13.1. The normalized spacial score (nSPS) is 19.2. The molecule has 4 nitrogen and oxygen atoms in total. The van der Waals surface area contributed by atoms with Crippen molar-refractivity contribution in [2.24, 2.45) is 5.92 Å². The minimum Gasteiger partial charge on any atom is -0.507 e. The van der Waals surface area contributed by atoms with Gasteiger partial charge in [0.15, 0.2) is 0 Å². The Hall–Kier alpha value is -1.55. The van der Waals surface area contributed by atoms with Crippen molar-refractivity contribution in [3.05, 3.63) is 28.8 Å². The fourth-order valence-corrected chi connectivity index (χ4v) is 5.10. The minimum atomic E-state index is -0.798. The molecule has 0 aliphatic carbocycles. The van der Waals surface area contributed by atoms with E-state index in [-0.39, 0.29) is 17.3 Å². The van der Waals surface area contributed by atoms with Crippen LogP contribution in [0.5, 0.6) is 5.75 Å². The average Bonchev–Trinajstić information content (AvgIpc) is 2.56. The highest BCUT2D eigenvalue weighted by atomic mass is 16.4. The molecule has 0 radical (unpaired) electrons. The standard InChI is InChI=1S/C17H26O3.C11H23N/c1-16(2,3)12-9-11(7-8-14(18)19)10-13(15(12)20)17(4,5)6;1-9-7-10(2,3)12(6)11(4,5)8-9/h9-10,20H,7-8H2,1-6H3,(H,18,19);9H,7-8H2,1-6H3. The van der Waals surface area contributed by atoms with Crippen molar-refractivity contribution in [1.29, 1.82) is 0 Å². The van der Waals surface area contributed by atoms with E-state index >= 15 is 0 Å². The number of phenolic OH excluding ortho intramolecular Hbond substituents is 1. The van der Waals surface area contributed by atoms with Crippen molar-refractivity contribution in [3.63, 3.8) is 0 Å². The second-order valence-electron chi connectivity index (χ2n) is 13.1. The quantitative estimate of drug-likeness (QED) is 0.528. The van der Waals surface area contributed by atoms with E-state index in [9.17, 15) is 9.90 Å². The summed E-state index contributed by atoms with van der Waals surface area (Å²) in [6.45, 7) is 24.1. The largest absolute Gasteiger partial charge is 0.507 e. The van der Waals surface area contributed by atoms with Gasteiger partial charge in [-0.15, -0.1) is 0 Å². The molecule has 32 heavy (non-hydrogen) atoms. The van der Waals surface area contributed by atoms with Crippen molar-refractivity contribution in [3.8, 4) is 5.75 Å². The molecule has 0 unspecified atom stereocenters. The minimum absolute atomic E-state index is 0.109. The molecule has 1 aromatic rings. The summed E-state index contributed by atoms with van der Waals surface area (Å²) in [6, 6.07) is 3.88. The lowest BCUT2D eigenvalue weighted by Gasteiger charge is -2.53. The first-order chi connectivity index (χ1) is 14.2. The Balaban J connectivity index is 0.000000363. The van der Waals surface area contributed by atoms with Crippen LogP contribution in [0.15, 0.2) is 12.1 Å². The summed E-state index contributed by atoms with van der Waals surface area (Å²) in [5.74, 6) is 0.406. The van der Waals surface area contributed by atoms with Gasteiger partial charge in [0, 0.05) is 17.5 Å². The molecule has 0 spiro atoms. The lowest BCUT2D eigenvalue weighted by Crippen LogP contribution is -2.58. The molecule has 1 aliphatic heterocycles. The summed E-state index contributed by atoms with van der Waals surface area (Å²) in [6.07, 6.45) is 3.25. The second kappa shape index (κ2) is 9.75. The van der Waals surface area contributed by atoms with E-state index < -0.39 is 5.97 Å². The third kappa shape index (κ3) is 7.50. The summed E-state index contributed by atoms with van der Waals surface area (Å²) >= 11 is 0. The number of aromatic hydroxyl groups is 1. The molecule has 2 rings (SSSR count). The summed E-state index contributed by atoms with van der Waals surface area (Å²) in [7, 11) is 2.26. The summed E-state index contributed by atoms with van der Waals surface area (Å²) in [5, 5.41) is 19.4. The number of nitrogens with zero attached hydrogens (tertiary/aromatic N) is 1. The Morgan fingerprint density at radius 1 is 0.969 bits per heavy atom. The molecule has 0 saturated carbocycles. The molecule has 1 aromatic carbocycles. The van der Waals surface area contributed by atoms with Crippen LogP contribution in [0.25, 0.3) is 0 Å². The van der Waals surface area contributed by atoms with Crippen LogP contribution in [-0.4, -0.2) is 39.2 Å². The topological polar surface area (TPSA) is 60.8 Å². The van der Waals surface area contributed by atoms with Gasteiger partial charge in [0.2, 0.25) is 0 Å². The van der Waals surface area contributed by atoms with E-state index in [1.54, 1.807) is 0 Å². The number of hydrogen-bond acceptors (Lipinski definition) is 3. The molecule has 1 fully saturated rings. The maximum absolute atomic E-state index is 10.8. The smallest absolute Gasteiger partial charge is 0.303 e. The first-order valence-electron chi connectivity index (χ1n) is 12.0. The van der Waals surface area contributed by atoms with Gasteiger partial charge in [-0.3, -0.25) is 9.69 Å². The highest BCUT2D eigenvalue weighted by molar-refractivity contribution is 5.67. The molecule has 2 N–H and O–H groups in total. The van der Waals surface area contributed by atoms with Crippen LogP contribution < -0.4 is 0 Å². The van der Waals surface area contributed by atoms with Crippen molar-refractivity contribution < 1.29 is 15.0 Å². The van der Waals surface area contributed by atoms with E-state index in [4.69, 9.17) is 5.11 Å². The summed E-state index contributed by atoms with van der Waals surface area (Å²) in [4.78, 5) is 13.3. The van der Waals surface area contributed by atoms with E-state index in [0.717, 1.165) is 22.6 Å². The number of carboxylic acids is 1. The highest BCUT2D eigenvalue weighted by Gasteiger charge is 2.41. The zero-order valence-corrected chi connectivity index (χ0v) is 22.8. The van der Waals surface area contributed by atoms with Crippen molar-refractivity contribution >= 4 is 5.97 Å².